The van der Waals surface area contributed by atoms with Crippen LogP contribution in [-0.4, -0.2) is 9.55 Å². The summed E-state index contributed by atoms with van der Waals surface area (Å²) >= 11 is 7.78. The minimum Gasteiger partial charge on any atom is -0.321 e. The van der Waals surface area contributed by atoms with Gasteiger partial charge in [0.25, 0.3) is 0 Å². The minimum atomic E-state index is 0.370. The Kier molecular flexibility index (Phi) is 2.72. The van der Waals surface area contributed by atoms with Crippen LogP contribution in [0.5, 0.6) is 0 Å². The molecule has 1 aromatic heterocycles. The Balaban J connectivity index is 3.55. The fourth-order valence-corrected chi connectivity index (χ4v) is 1.42. The standard InChI is InChI=1S/C5H6ClIN4/c1-11-4(10-8)3(7)2-9-5(11)6/h2H,8H2,1H3/b10-4-. The van der Waals surface area contributed by atoms with Crippen LogP contribution in [0.1, 0.15) is 0 Å². The summed E-state index contributed by atoms with van der Waals surface area (Å²) in [6.45, 7) is 0. The van der Waals surface area contributed by atoms with E-state index >= 15 is 0 Å². The molecular weight excluding hydrogens is 278 g/mol. The Morgan fingerprint density at radius 1 is 1.82 bits per heavy atom. The first kappa shape index (κ1) is 8.79. The zero-order chi connectivity index (χ0) is 8.43. The summed E-state index contributed by atoms with van der Waals surface area (Å²) in [6, 6.07) is 0. The van der Waals surface area contributed by atoms with Gasteiger partial charge in [-0.15, -0.1) is 0 Å². The molecule has 0 saturated heterocycles. The molecule has 0 fully saturated rings. The number of nitrogens with zero attached hydrogens (tertiary/aromatic N) is 3. The Bertz CT molecular complexity index is 332. The predicted octanol–water partition coefficient (Wildman–Crippen LogP) is 0.453. The molecule has 0 radical (unpaired) electrons. The third-order valence-electron chi connectivity index (χ3n) is 1.21. The first-order valence-corrected chi connectivity index (χ1v) is 4.23. The smallest absolute Gasteiger partial charge is 0.204 e. The zero-order valence-electron chi connectivity index (χ0n) is 5.75. The van der Waals surface area contributed by atoms with Crippen molar-refractivity contribution in [1.29, 1.82) is 0 Å². The molecule has 0 aromatic carbocycles. The lowest BCUT2D eigenvalue weighted by Gasteiger charge is -2.01. The summed E-state index contributed by atoms with van der Waals surface area (Å²) < 4.78 is 2.49. The van der Waals surface area contributed by atoms with E-state index in [-0.39, 0.29) is 0 Å². The Morgan fingerprint density at radius 2 is 2.45 bits per heavy atom. The first-order chi connectivity index (χ1) is 5.16. The maximum Gasteiger partial charge on any atom is 0.204 e. The normalized spacial score (nSPS) is 12.1. The van der Waals surface area contributed by atoms with Gasteiger partial charge >= 0.3 is 0 Å². The van der Waals surface area contributed by atoms with Gasteiger partial charge in [-0.2, -0.15) is 5.10 Å². The van der Waals surface area contributed by atoms with E-state index in [0.717, 1.165) is 3.57 Å². The minimum absolute atomic E-state index is 0.370. The van der Waals surface area contributed by atoms with Crippen molar-refractivity contribution in [2.45, 2.75) is 0 Å². The topological polar surface area (TPSA) is 56.2 Å². The lowest BCUT2D eigenvalue weighted by molar-refractivity contribution is 0.778. The van der Waals surface area contributed by atoms with Gasteiger partial charge in [-0.05, 0) is 34.2 Å². The van der Waals surface area contributed by atoms with Crippen molar-refractivity contribution in [3.8, 4) is 0 Å². The lowest BCUT2D eigenvalue weighted by atomic mass is 10.6. The van der Waals surface area contributed by atoms with Crippen LogP contribution in [0.15, 0.2) is 11.3 Å². The number of nitrogens with two attached hydrogens (primary N) is 1. The van der Waals surface area contributed by atoms with Gasteiger partial charge in [0.1, 0.15) is 0 Å². The van der Waals surface area contributed by atoms with Gasteiger partial charge in [-0.3, -0.25) is 0 Å². The van der Waals surface area contributed by atoms with E-state index in [2.05, 4.69) is 32.7 Å². The number of halogens is 2. The van der Waals surface area contributed by atoms with Crippen LogP contribution in [0.4, 0.5) is 0 Å². The third kappa shape index (κ3) is 1.64. The second kappa shape index (κ2) is 3.40. The van der Waals surface area contributed by atoms with Gasteiger partial charge in [0.15, 0.2) is 5.49 Å². The summed E-state index contributed by atoms with van der Waals surface area (Å²) in [6.07, 6.45) is 1.62. The molecule has 0 aliphatic carbocycles. The molecule has 1 aromatic rings. The van der Waals surface area contributed by atoms with Gasteiger partial charge in [0, 0.05) is 13.2 Å². The highest BCUT2D eigenvalue weighted by atomic mass is 127. The molecule has 60 valence electrons. The second-order valence-electron chi connectivity index (χ2n) is 1.89. The number of aromatic nitrogens is 2. The van der Waals surface area contributed by atoms with Crippen LogP contribution >= 0.6 is 34.2 Å². The molecule has 0 amide bonds. The highest BCUT2D eigenvalue weighted by molar-refractivity contribution is 14.1. The molecule has 0 unspecified atom stereocenters. The lowest BCUT2D eigenvalue weighted by Crippen LogP contribution is -2.24. The van der Waals surface area contributed by atoms with Gasteiger partial charge in [-0.25, -0.2) is 4.98 Å². The first-order valence-electron chi connectivity index (χ1n) is 2.77. The van der Waals surface area contributed by atoms with E-state index in [0.29, 0.717) is 10.8 Å². The van der Waals surface area contributed by atoms with Gasteiger partial charge in [0.2, 0.25) is 5.28 Å². The van der Waals surface area contributed by atoms with Crippen LogP contribution < -0.4 is 11.3 Å². The van der Waals surface area contributed by atoms with Crippen LogP contribution in [-0.2, 0) is 7.05 Å². The van der Waals surface area contributed by atoms with Crippen LogP contribution in [0, 0.1) is 3.57 Å². The number of hydrogen-bond donors (Lipinski definition) is 1. The predicted molar refractivity (Wildman–Crippen MR) is 50.7 cm³/mol. The summed E-state index contributed by atoms with van der Waals surface area (Å²) in [5, 5.41) is 3.93. The van der Waals surface area contributed by atoms with Crippen molar-refractivity contribution in [3.63, 3.8) is 0 Å². The van der Waals surface area contributed by atoms with Crippen LogP contribution in [0.25, 0.3) is 0 Å². The van der Waals surface area contributed by atoms with E-state index in [4.69, 9.17) is 17.4 Å². The molecule has 1 rings (SSSR count). The fourth-order valence-electron chi connectivity index (χ4n) is 0.650. The molecule has 4 nitrogen and oxygen atoms in total. The van der Waals surface area contributed by atoms with Gasteiger partial charge in [-0.1, -0.05) is 0 Å². The number of rotatable bonds is 0. The van der Waals surface area contributed by atoms with E-state index in [1.807, 2.05) is 0 Å². The van der Waals surface area contributed by atoms with Crippen molar-refractivity contribution in [2.75, 3.05) is 0 Å². The fraction of sp³-hybridized carbons (Fsp3) is 0.200. The average molecular weight is 284 g/mol. The van der Waals surface area contributed by atoms with Crippen molar-refractivity contribution in [1.82, 2.24) is 9.55 Å². The van der Waals surface area contributed by atoms with Crippen molar-refractivity contribution in [2.24, 2.45) is 18.0 Å². The molecule has 6 heteroatoms. The summed E-state index contributed by atoms with van der Waals surface area (Å²) in [7, 11) is 1.75. The largest absolute Gasteiger partial charge is 0.321 e. The van der Waals surface area contributed by atoms with Crippen LogP contribution in [0.2, 0.25) is 5.28 Å². The average Bonchev–Trinajstić information content (AvgIpc) is 1.99. The molecule has 0 saturated carbocycles. The molecule has 0 spiro atoms. The molecule has 1 heterocycles. The molecule has 0 aliphatic heterocycles. The monoisotopic (exact) mass is 284 g/mol. The van der Waals surface area contributed by atoms with E-state index < -0.39 is 0 Å². The molecule has 0 bridgehead atoms. The SMILES string of the molecule is Cn1c(Cl)ncc(I)/c1=N/N. The maximum absolute atomic E-state index is 5.70. The Morgan fingerprint density at radius 3 is 2.91 bits per heavy atom. The Labute approximate surface area is 82.2 Å². The summed E-state index contributed by atoms with van der Waals surface area (Å²) in [4.78, 5) is 3.89. The Hall–Kier alpha value is -0.300. The van der Waals surface area contributed by atoms with Crippen molar-refractivity contribution < 1.29 is 0 Å². The third-order valence-corrected chi connectivity index (χ3v) is 2.33. The summed E-state index contributed by atoms with van der Waals surface area (Å²) in [5.41, 5.74) is 0.630. The van der Waals surface area contributed by atoms with E-state index in [9.17, 15) is 0 Å². The van der Waals surface area contributed by atoms with E-state index in [1.54, 1.807) is 17.8 Å². The van der Waals surface area contributed by atoms with E-state index in [1.165, 1.54) is 0 Å². The molecule has 0 atom stereocenters. The van der Waals surface area contributed by atoms with Gasteiger partial charge < -0.3 is 10.4 Å². The second-order valence-corrected chi connectivity index (χ2v) is 3.39. The van der Waals surface area contributed by atoms with Crippen molar-refractivity contribution in [3.05, 3.63) is 20.5 Å². The zero-order valence-corrected chi connectivity index (χ0v) is 8.67. The maximum atomic E-state index is 5.70. The molecule has 2 N–H and O–H groups in total. The molecule has 11 heavy (non-hydrogen) atoms. The van der Waals surface area contributed by atoms with Crippen LogP contribution in [0.3, 0.4) is 0 Å². The highest BCUT2D eigenvalue weighted by Crippen LogP contribution is 2.01. The molecular formula is C5H6ClIN4. The van der Waals surface area contributed by atoms with Gasteiger partial charge in [0.05, 0.1) is 3.57 Å². The quantitative estimate of drug-likeness (QED) is 0.325. The van der Waals surface area contributed by atoms with Crippen molar-refractivity contribution >= 4 is 34.2 Å². The highest BCUT2D eigenvalue weighted by Gasteiger charge is 1.99. The summed E-state index contributed by atoms with van der Waals surface area (Å²) in [5.74, 6) is 5.13. The molecule has 0 aliphatic rings. The number of hydrogen-bond acceptors (Lipinski definition) is 3.